The number of methoxy groups -OCH3 is 1. The molecule has 0 fully saturated rings. The Kier molecular flexibility index (Phi) is 3.77. The van der Waals surface area contributed by atoms with Crippen LogP contribution < -0.4 is 10.1 Å². The zero-order chi connectivity index (χ0) is 17.2. The second-order valence-electron chi connectivity index (χ2n) is 5.63. The molecule has 0 bridgehead atoms. The van der Waals surface area contributed by atoms with E-state index >= 15 is 0 Å². The van der Waals surface area contributed by atoms with Crippen molar-refractivity contribution in [1.82, 2.24) is 30.3 Å². The first-order valence-corrected chi connectivity index (χ1v) is 7.84. The average molecular weight is 336 g/mol. The van der Waals surface area contributed by atoms with E-state index in [0.717, 1.165) is 22.2 Å². The summed E-state index contributed by atoms with van der Waals surface area (Å²) in [5.41, 5.74) is 3.29. The standard InChI is InChI=1S/C17H16N6O2/c1-25-13-3-4-15-14(8-13)11(9-19-15)6-7-18-17(24)12-2-5-16-20-21-22-23(16)10-12/h2-5,8-10,19H,6-7H2,1H3,(H,18,24). The van der Waals surface area contributed by atoms with Crippen molar-refractivity contribution in [2.24, 2.45) is 0 Å². The number of nitrogens with zero attached hydrogens (tertiary/aromatic N) is 4. The summed E-state index contributed by atoms with van der Waals surface area (Å²) < 4.78 is 6.75. The van der Waals surface area contributed by atoms with Gasteiger partial charge in [0.05, 0.1) is 12.7 Å². The van der Waals surface area contributed by atoms with Crippen molar-refractivity contribution in [2.75, 3.05) is 13.7 Å². The predicted molar refractivity (Wildman–Crippen MR) is 91.7 cm³/mol. The van der Waals surface area contributed by atoms with E-state index in [-0.39, 0.29) is 5.91 Å². The molecule has 0 unspecified atom stereocenters. The molecule has 4 rings (SSSR count). The number of aromatic amines is 1. The van der Waals surface area contributed by atoms with E-state index in [4.69, 9.17) is 4.74 Å². The van der Waals surface area contributed by atoms with Gasteiger partial charge in [0.1, 0.15) is 5.75 Å². The largest absolute Gasteiger partial charge is 0.497 e. The number of tetrazole rings is 1. The quantitative estimate of drug-likeness (QED) is 0.577. The molecule has 126 valence electrons. The molecule has 2 N–H and O–H groups in total. The average Bonchev–Trinajstić information content (AvgIpc) is 3.27. The SMILES string of the molecule is COc1ccc2[nH]cc(CCNC(=O)c3ccc4nnnn4c3)c2c1. The van der Waals surface area contributed by atoms with Crippen LogP contribution in [0.25, 0.3) is 16.6 Å². The third-order valence-electron chi connectivity index (χ3n) is 4.11. The third-order valence-corrected chi connectivity index (χ3v) is 4.11. The minimum atomic E-state index is -0.158. The Hall–Kier alpha value is -3.42. The van der Waals surface area contributed by atoms with Crippen molar-refractivity contribution in [3.8, 4) is 5.75 Å². The number of hydrogen-bond acceptors (Lipinski definition) is 5. The van der Waals surface area contributed by atoms with Gasteiger partial charge in [-0.2, -0.15) is 4.52 Å². The van der Waals surface area contributed by atoms with E-state index in [0.29, 0.717) is 24.2 Å². The Labute approximate surface area is 142 Å². The number of benzene rings is 1. The lowest BCUT2D eigenvalue weighted by molar-refractivity contribution is 0.0953. The highest BCUT2D eigenvalue weighted by atomic mass is 16.5. The summed E-state index contributed by atoms with van der Waals surface area (Å²) in [6, 6.07) is 9.31. The molecule has 0 aliphatic heterocycles. The molecule has 0 aliphatic carbocycles. The zero-order valence-electron chi connectivity index (χ0n) is 13.6. The molecule has 0 atom stereocenters. The number of hydrogen-bond donors (Lipinski definition) is 2. The first-order chi connectivity index (χ1) is 12.2. The summed E-state index contributed by atoms with van der Waals surface area (Å²) in [5.74, 6) is 0.655. The van der Waals surface area contributed by atoms with Crippen LogP contribution in [-0.2, 0) is 6.42 Å². The third kappa shape index (κ3) is 2.89. The van der Waals surface area contributed by atoms with E-state index < -0.39 is 0 Å². The number of ether oxygens (including phenoxy) is 1. The number of rotatable bonds is 5. The normalized spacial score (nSPS) is 11.1. The van der Waals surface area contributed by atoms with E-state index in [9.17, 15) is 4.79 Å². The van der Waals surface area contributed by atoms with Crippen LogP contribution in [0.2, 0.25) is 0 Å². The van der Waals surface area contributed by atoms with E-state index in [1.807, 2.05) is 24.4 Å². The highest BCUT2D eigenvalue weighted by Gasteiger charge is 2.09. The van der Waals surface area contributed by atoms with Crippen LogP contribution in [0.3, 0.4) is 0 Å². The second-order valence-corrected chi connectivity index (χ2v) is 5.63. The number of nitrogens with one attached hydrogen (secondary N) is 2. The smallest absolute Gasteiger partial charge is 0.252 e. The van der Waals surface area contributed by atoms with Crippen LogP contribution >= 0.6 is 0 Å². The van der Waals surface area contributed by atoms with E-state index in [2.05, 4.69) is 25.8 Å². The van der Waals surface area contributed by atoms with Crippen LogP contribution in [0.4, 0.5) is 0 Å². The maximum Gasteiger partial charge on any atom is 0.252 e. The fourth-order valence-electron chi connectivity index (χ4n) is 2.78. The molecule has 8 heteroatoms. The van der Waals surface area contributed by atoms with Crippen molar-refractivity contribution in [3.63, 3.8) is 0 Å². The Balaban J connectivity index is 1.44. The van der Waals surface area contributed by atoms with Gasteiger partial charge in [0, 0.05) is 29.8 Å². The van der Waals surface area contributed by atoms with Crippen LogP contribution in [0.1, 0.15) is 15.9 Å². The maximum absolute atomic E-state index is 12.3. The number of H-pyrrole nitrogens is 1. The molecule has 0 saturated carbocycles. The van der Waals surface area contributed by atoms with Crippen molar-refractivity contribution in [2.45, 2.75) is 6.42 Å². The highest BCUT2D eigenvalue weighted by Crippen LogP contribution is 2.23. The monoisotopic (exact) mass is 336 g/mol. The van der Waals surface area contributed by atoms with Gasteiger partial charge in [-0.1, -0.05) is 0 Å². The maximum atomic E-state index is 12.3. The molecular weight excluding hydrogens is 320 g/mol. The summed E-state index contributed by atoms with van der Waals surface area (Å²) in [6.45, 7) is 0.524. The first-order valence-electron chi connectivity index (χ1n) is 7.84. The minimum absolute atomic E-state index is 0.158. The zero-order valence-corrected chi connectivity index (χ0v) is 13.6. The molecule has 25 heavy (non-hydrogen) atoms. The molecule has 8 nitrogen and oxygen atoms in total. The van der Waals surface area contributed by atoms with E-state index in [1.165, 1.54) is 4.52 Å². The Bertz CT molecular complexity index is 1050. The molecule has 0 aliphatic rings. The number of fused-ring (bicyclic) bond motifs is 2. The molecule has 1 aromatic carbocycles. The van der Waals surface area contributed by atoms with Crippen molar-refractivity contribution in [1.29, 1.82) is 0 Å². The number of carbonyl (C=O) groups is 1. The van der Waals surface area contributed by atoms with Gasteiger partial charge in [-0.3, -0.25) is 4.79 Å². The molecule has 0 spiro atoms. The number of pyridine rings is 1. The van der Waals surface area contributed by atoms with Crippen LogP contribution in [0, 0.1) is 0 Å². The highest BCUT2D eigenvalue weighted by molar-refractivity contribution is 5.94. The van der Waals surface area contributed by atoms with Gasteiger partial charge in [-0.05, 0) is 52.7 Å². The van der Waals surface area contributed by atoms with Gasteiger partial charge in [-0.25, -0.2) is 0 Å². The van der Waals surface area contributed by atoms with Gasteiger partial charge >= 0.3 is 0 Å². The fourth-order valence-corrected chi connectivity index (χ4v) is 2.78. The van der Waals surface area contributed by atoms with Crippen molar-refractivity contribution in [3.05, 3.63) is 53.9 Å². The molecule has 0 saturated heterocycles. The first kappa shape index (κ1) is 15.1. The lowest BCUT2D eigenvalue weighted by Crippen LogP contribution is -2.25. The molecule has 3 heterocycles. The molecule has 4 aromatic rings. The van der Waals surface area contributed by atoms with Gasteiger partial charge in [0.2, 0.25) is 0 Å². The van der Waals surface area contributed by atoms with Gasteiger partial charge in [-0.15, -0.1) is 5.10 Å². The van der Waals surface area contributed by atoms with Crippen LogP contribution in [0.15, 0.2) is 42.7 Å². The molecule has 1 amide bonds. The summed E-state index contributed by atoms with van der Waals surface area (Å²) in [6.07, 6.45) is 4.29. The van der Waals surface area contributed by atoms with E-state index in [1.54, 1.807) is 25.4 Å². The topological polar surface area (TPSA) is 97.2 Å². The summed E-state index contributed by atoms with van der Waals surface area (Å²) in [5, 5.41) is 15.2. The van der Waals surface area contributed by atoms with Crippen LogP contribution in [-0.4, -0.2) is 44.6 Å². The van der Waals surface area contributed by atoms with Gasteiger partial charge in [0.15, 0.2) is 5.65 Å². The fraction of sp³-hybridized carbons (Fsp3) is 0.176. The van der Waals surface area contributed by atoms with Crippen LogP contribution in [0.5, 0.6) is 5.75 Å². The Morgan fingerprint density at radius 1 is 1.32 bits per heavy atom. The number of carbonyl (C=O) groups excluding carboxylic acids is 1. The van der Waals surface area contributed by atoms with Crippen molar-refractivity contribution < 1.29 is 9.53 Å². The predicted octanol–water partition coefficient (Wildman–Crippen LogP) is 1.59. The summed E-state index contributed by atoms with van der Waals surface area (Å²) in [4.78, 5) is 15.5. The lowest BCUT2D eigenvalue weighted by Gasteiger charge is -2.05. The Morgan fingerprint density at radius 3 is 3.12 bits per heavy atom. The van der Waals surface area contributed by atoms with Gasteiger partial charge < -0.3 is 15.0 Å². The number of amides is 1. The summed E-state index contributed by atoms with van der Waals surface area (Å²) in [7, 11) is 1.65. The lowest BCUT2D eigenvalue weighted by atomic mass is 10.1. The Morgan fingerprint density at radius 2 is 2.24 bits per heavy atom. The summed E-state index contributed by atoms with van der Waals surface area (Å²) >= 11 is 0. The molecule has 0 radical (unpaired) electrons. The number of aromatic nitrogens is 5. The van der Waals surface area contributed by atoms with Gasteiger partial charge in [0.25, 0.3) is 5.91 Å². The minimum Gasteiger partial charge on any atom is -0.497 e. The molecule has 3 aromatic heterocycles. The second kappa shape index (κ2) is 6.23. The molecular formula is C17H16N6O2. The van der Waals surface area contributed by atoms with Crippen molar-refractivity contribution >= 4 is 22.5 Å².